The second-order valence-corrected chi connectivity index (χ2v) is 5.90. The highest BCUT2D eigenvalue weighted by Gasteiger charge is 2.11. The summed E-state index contributed by atoms with van der Waals surface area (Å²) < 4.78 is 4.95. The molecule has 0 unspecified atom stereocenters. The summed E-state index contributed by atoms with van der Waals surface area (Å²) in [5.74, 6) is -0.722. The molecular weight excluding hydrogens is 374 g/mol. The van der Waals surface area contributed by atoms with Gasteiger partial charge in [0.2, 0.25) is 5.95 Å². The van der Waals surface area contributed by atoms with Gasteiger partial charge in [-0.2, -0.15) is 9.97 Å². The van der Waals surface area contributed by atoms with E-state index in [9.17, 15) is 14.7 Å². The van der Waals surface area contributed by atoms with Gasteiger partial charge in [-0.1, -0.05) is 12.1 Å². The quantitative estimate of drug-likeness (QED) is 0.444. The lowest BCUT2D eigenvalue weighted by Gasteiger charge is -2.11. The summed E-state index contributed by atoms with van der Waals surface area (Å²) in [5, 5.41) is 15.2. The van der Waals surface area contributed by atoms with Crippen molar-refractivity contribution < 1.29 is 19.4 Å². The number of hydrogen-bond acceptors (Lipinski definition) is 8. The van der Waals surface area contributed by atoms with Crippen molar-refractivity contribution in [1.82, 2.24) is 9.97 Å². The Kier molecular flexibility index (Phi) is 5.88. The fourth-order valence-electron chi connectivity index (χ4n) is 2.54. The van der Waals surface area contributed by atoms with Gasteiger partial charge in [-0.15, -0.1) is 0 Å². The molecule has 1 heterocycles. The predicted octanol–water partition coefficient (Wildman–Crippen LogP) is 3.42. The fraction of sp³-hybridized carbons (Fsp3) is 0.100. The van der Waals surface area contributed by atoms with Gasteiger partial charge in [0, 0.05) is 11.8 Å². The summed E-state index contributed by atoms with van der Waals surface area (Å²) >= 11 is 0. The van der Waals surface area contributed by atoms with Gasteiger partial charge in [0.25, 0.3) is 0 Å². The molecule has 0 fully saturated rings. The third kappa shape index (κ3) is 4.98. The van der Waals surface area contributed by atoms with E-state index < -0.39 is 11.9 Å². The van der Waals surface area contributed by atoms with E-state index in [-0.39, 0.29) is 17.3 Å². The number of para-hydroxylation sites is 1. The molecule has 0 aliphatic carbocycles. The average Bonchev–Trinajstić information content (AvgIpc) is 2.68. The summed E-state index contributed by atoms with van der Waals surface area (Å²) in [7, 11) is 0. The molecule has 3 rings (SSSR count). The molecule has 0 saturated carbocycles. The minimum atomic E-state index is -1.06. The van der Waals surface area contributed by atoms with Gasteiger partial charge < -0.3 is 26.2 Å². The molecule has 29 heavy (non-hydrogen) atoms. The first-order valence-electron chi connectivity index (χ1n) is 8.74. The topological polar surface area (TPSA) is 139 Å². The van der Waals surface area contributed by atoms with Gasteiger partial charge >= 0.3 is 11.9 Å². The summed E-state index contributed by atoms with van der Waals surface area (Å²) in [6, 6.07) is 14.6. The van der Waals surface area contributed by atoms with E-state index in [1.807, 2.05) is 0 Å². The van der Waals surface area contributed by atoms with Crippen molar-refractivity contribution in [2.75, 3.05) is 23.0 Å². The van der Waals surface area contributed by atoms with Crippen molar-refractivity contribution in [3.8, 4) is 0 Å². The number of rotatable bonds is 7. The number of anilines is 5. The van der Waals surface area contributed by atoms with E-state index in [1.165, 1.54) is 12.1 Å². The number of carbonyl (C=O) groups is 2. The number of benzene rings is 2. The Bertz CT molecular complexity index is 1040. The lowest BCUT2D eigenvalue weighted by Crippen LogP contribution is -2.07. The van der Waals surface area contributed by atoms with Crippen LogP contribution in [0.15, 0.2) is 54.6 Å². The SMILES string of the molecule is CCOC(=O)c1ccc(Nc2nc(N)cc(Nc3ccccc3C(=O)O)n2)cc1. The van der Waals surface area contributed by atoms with E-state index >= 15 is 0 Å². The highest BCUT2D eigenvalue weighted by molar-refractivity contribution is 5.95. The summed E-state index contributed by atoms with van der Waals surface area (Å²) in [6.07, 6.45) is 0. The molecule has 9 heteroatoms. The first-order chi connectivity index (χ1) is 14.0. The van der Waals surface area contributed by atoms with Crippen molar-refractivity contribution in [3.05, 3.63) is 65.7 Å². The van der Waals surface area contributed by atoms with Gasteiger partial charge in [0.15, 0.2) is 0 Å². The molecule has 0 aliphatic heterocycles. The lowest BCUT2D eigenvalue weighted by molar-refractivity contribution is 0.0526. The van der Waals surface area contributed by atoms with Crippen LogP contribution in [0.1, 0.15) is 27.6 Å². The van der Waals surface area contributed by atoms with Crippen LogP contribution in [0, 0.1) is 0 Å². The van der Waals surface area contributed by atoms with Crippen LogP contribution in [0.5, 0.6) is 0 Å². The van der Waals surface area contributed by atoms with Crippen molar-refractivity contribution in [3.63, 3.8) is 0 Å². The van der Waals surface area contributed by atoms with Crippen molar-refractivity contribution in [2.24, 2.45) is 0 Å². The number of carboxylic acid groups (broad SMARTS) is 1. The molecule has 0 atom stereocenters. The lowest BCUT2D eigenvalue weighted by atomic mass is 10.2. The Morgan fingerprint density at radius 1 is 1.07 bits per heavy atom. The molecule has 1 aromatic heterocycles. The van der Waals surface area contributed by atoms with E-state index in [0.717, 1.165) is 0 Å². The van der Waals surface area contributed by atoms with Crippen LogP contribution < -0.4 is 16.4 Å². The van der Waals surface area contributed by atoms with Gasteiger partial charge in [-0.25, -0.2) is 9.59 Å². The maximum atomic E-state index is 11.7. The van der Waals surface area contributed by atoms with Crippen LogP contribution in [0.2, 0.25) is 0 Å². The minimum absolute atomic E-state index is 0.105. The smallest absolute Gasteiger partial charge is 0.338 e. The number of esters is 1. The van der Waals surface area contributed by atoms with Crippen LogP contribution in [0.4, 0.5) is 29.0 Å². The predicted molar refractivity (Wildman–Crippen MR) is 109 cm³/mol. The number of nitrogens with zero attached hydrogens (tertiary/aromatic N) is 2. The number of nitrogens with two attached hydrogens (primary N) is 1. The van der Waals surface area contributed by atoms with Gasteiger partial charge in [-0.05, 0) is 43.3 Å². The highest BCUT2D eigenvalue weighted by Crippen LogP contribution is 2.23. The molecule has 5 N–H and O–H groups in total. The van der Waals surface area contributed by atoms with Crippen molar-refractivity contribution in [1.29, 1.82) is 0 Å². The molecule has 0 amide bonds. The Labute approximate surface area is 166 Å². The zero-order valence-electron chi connectivity index (χ0n) is 15.5. The van der Waals surface area contributed by atoms with E-state index in [0.29, 0.717) is 29.4 Å². The zero-order valence-corrected chi connectivity index (χ0v) is 15.5. The van der Waals surface area contributed by atoms with Crippen LogP contribution in [-0.4, -0.2) is 33.6 Å². The molecule has 2 aromatic carbocycles. The number of ether oxygens (including phenoxy) is 1. The third-order valence-electron chi connectivity index (χ3n) is 3.82. The Hall–Kier alpha value is -4.14. The Morgan fingerprint density at radius 2 is 1.79 bits per heavy atom. The maximum Gasteiger partial charge on any atom is 0.338 e. The molecular formula is C20H19N5O4. The molecule has 0 radical (unpaired) electrons. The number of hydrogen-bond donors (Lipinski definition) is 4. The maximum absolute atomic E-state index is 11.7. The second kappa shape index (κ2) is 8.70. The second-order valence-electron chi connectivity index (χ2n) is 5.90. The standard InChI is InChI=1S/C20H19N5O4/c1-2-29-19(28)12-7-9-13(10-8-12)22-20-24-16(21)11-17(25-20)23-15-6-4-3-5-14(15)18(26)27/h3-11H,2H2,1H3,(H,26,27)(H4,21,22,23,24,25). The highest BCUT2D eigenvalue weighted by atomic mass is 16.5. The van der Waals surface area contributed by atoms with Crippen LogP contribution in [0.3, 0.4) is 0 Å². The van der Waals surface area contributed by atoms with E-state index in [1.54, 1.807) is 49.4 Å². The van der Waals surface area contributed by atoms with Gasteiger partial charge in [0.1, 0.15) is 11.6 Å². The Balaban J connectivity index is 1.79. The molecule has 0 aliphatic rings. The fourth-order valence-corrected chi connectivity index (χ4v) is 2.54. The number of aromatic carboxylic acids is 1. The van der Waals surface area contributed by atoms with Crippen LogP contribution >= 0.6 is 0 Å². The molecule has 3 aromatic rings. The molecule has 0 bridgehead atoms. The van der Waals surface area contributed by atoms with E-state index in [2.05, 4.69) is 20.6 Å². The number of carbonyl (C=O) groups excluding carboxylic acids is 1. The number of aromatic nitrogens is 2. The molecule has 0 saturated heterocycles. The first kappa shape index (κ1) is 19.6. The zero-order chi connectivity index (χ0) is 20.8. The monoisotopic (exact) mass is 393 g/mol. The minimum Gasteiger partial charge on any atom is -0.478 e. The average molecular weight is 393 g/mol. The normalized spacial score (nSPS) is 10.2. The number of carboxylic acids is 1. The van der Waals surface area contributed by atoms with Crippen molar-refractivity contribution >= 4 is 40.9 Å². The van der Waals surface area contributed by atoms with Crippen LogP contribution in [-0.2, 0) is 4.74 Å². The summed E-state index contributed by atoms with van der Waals surface area (Å²) in [5.41, 5.74) is 7.40. The van der Waals surface area contributed by atoms with Crippen molar-refractivity contribution in [2.45, 2.75) is 6.92 Å². The van der Waals surface area contributed by atoms with E-state index in [4.69, 9.17) is 10.5 Å². The third-order valence-corrected chi connectivity index (χ3v) is 3.82. The number of nitrogen functional groups attached to an aromatic ring is 1. The van der Waals surface area contributed by atoms with Crippen LogP contribution in [0.25, 0.3) is 0 Å². The summed E-state index contributed by atoms with van der Waals surface area (Å²) in [6.45, 7) is 2.04. The molecule has 148 valence electrons. The molecule has 9 nitrogen and oxygen atoms in total. The largest absolute Gasteiger partial charge is 0.478 e. The first-order valence-corrected chi connectivity index (χ1v) is 8.74. The van der Waals surface area contributed by atoms with Gasteiger partial charge in [0.05, 0.1) is 23.4 Å². The van der Waals surface area contributed by atoms with Gasteiger partial charge in [-0.3, -0.25) is 0 Å². The molecule has 0 spiro atoms. The number of nitrogens with one attached hydrogen (secondary N) is 2. The Morgan fingerprint density at radius 3 is 2.48 bits per heavy atom. The summed E-state index contributed by atoms with van der Waals surface area (Å²) in [4.78, 5) is 31.5.